The van der Waals surface area contributed by atoms with Crippen LogP contribution >= 0.6 is 11.6 Å². The molecule has 0 saturated heterocycles. The molecule has 0 amide bonds. The van der Waals surface area contributed by atoms with Gasteiger partial charge in [-0.25, -0.2) is 0 Å². The van der Waals surface area contributed by atoms with Gasteiger partial charge < -0.3 is 0 Å². The van der Waals surface area contributed by atoms with Gasteiger partial charge in [0.15, 0.2) is 0 Å². The van der Waals surface area contributed by atoms with Crippen molar-refractivity contribution >= 4 is 43.9 Å². The molecule has 1 heteroatoms. The fraction of sp³-hybridized carbons (Fsp3) is 0. The van der Waals surface area contributed by atoms with Crippen LogP contribution in [0.4, 0.5) is 0 Å². The summed E-state index contributed by atoms with van der Waals surface area (Å²) in [4.78, 5) is 0. The molecule has 0 nitrogen and oxygen atoms in total. The molecule has 0 aliphatic carbocycles. The topological polar surface area (TPSA) is 0 Å². The van der Waals surface area contributed by atoms with Crippen LogP contribution in [0.1, 0.15) is 0 Å². The van der Waals surface area contributed by atoms with Gasteiger partial charge in [-0.2, -0.15) is 0 Å². The van der Waals surface area contributed by atoms with Gasteiger partial charge in [0.25, 0.3) is 0 Å². The quantitative estimate of drug-likeness (QED) is 0.278. The minimum Gasteiger partial charge on any atom is -0.0843 e. The highest BCUT2D eigenvalue weighted by Crippen LogP contribution is 2.39. The molecule has 5 aromatic rings. The van der Waals surface area contributed by atoms with Crippen LogP contribution in [0.3, 0.4) is 0 Å². The minimum atomic E-state index is 0.772. The van der Waals surface area contributed by atoms with Crippen molar-refractivity contribution in [3.63, 3.8) is 0 Å². The first-order valence-corrected chi connectivity index (χ1v) is 8.78. The molecule has 0 fully saturated rings. The van der Waals surface area contributed by atoms with Crippen molar-refractivity contribution in [1.29, 1.82) is 0 Å². The van der Waals surface area contributed by atoms with Gasteiger partial charge in [-0.05, 0) is 61.6 Å². The van der Waals surface area contributed by atoms with E-state index in [1.54, 1.807) is 0 Å². The molecule has 25 heavy (non-hydrogen) atoms. The molecule has 0 radical (unpaired) electrons. The Hall–Kier alpha value is -2.83. The molecule has 0 bridgehead atoms. The molecule has 0 unspecified atom stereocenters. The van der Waals surface area contributed by atoms with E-state index in [2.05, 4.69) is 78.9 Å². The maximum absolute atomic E-state index is 6.22. The first-order chi connectivity index (χ1) is 12.3. The molecule has 0 atom stereocenters. The standard InChI is InChI=1S/C24H15Cl/c25-19-11-13-21-18(14-19)10-12-22-20-9-5-4-8-17(20)15-23(24(21)22)16-6-2-1-3-7-16/h1-15H. The van der Waals surface area contributed by atoms with Gasteiger partial charge in [0, 0.05) is 5.02 Å². The number of benzene rings is 5. The van der Waals surface area contributed by atoms with Crippen LogP contribution in [0.2, 0.25) is 5.02 Å². The Morgan fingerprint density at radius 2 is 1.24 bits per heavy atom. The summed E-state index contributed by atoms with van der Waals surface area (Å²) >= 11 is 6.22. The van der Waals surface area contributed by atoms with Gasteiger partial charge in [-0.1, -0.05) is 84.4 Å². The van der Waals surface area contributed by atoms with Gasteiger partial charge in [0.1, 0.15) is 0 Å². The van der Waals surface area contributed by atoms with Gasteiger partial charge >= 0.3 is 0 Å². The molecular formula is C24H15Cl. The normalized spacial score (nSPS) is 11.4. The lowest BCUT2D eigenvalue weighted by atomic mass is 9.90. The fourth-order valence-corrected chi connectivity index (χ4v) is 3.94. The van der Waals surface area contributed by atoms with E-state index in [-0.39, 0.29) is 0 Å². The van der Waals surface area contributed by atoms with Crippen LogP contribution in [0, 0.1) is 0 Å². The predicted molar refractivity (Wildman–Crippen MR) is 109 cm³/mol. The summed E-state index contributed by atoms with van der Waals surface area (Å²) in [7, 11) is 0. The lowest BCUT2D eigenvalue weighted by molar-refractivity contribution is 1.67. The summed E-state index contributed by atoms with van der Waals surface area (Å²) in [6.45, 7) is 0. The zero-order valence-corrected chi connectivity index (χ0v) is 14.3. The van der Waals surface area contributed by atoms with E-state index in [1.807, 2.05) is 12.1 Å². The molecular weight excluding hydrogens is 324 g/mol. The van der Waals surface area contributed by atoms with E-state index < -0.39 is 0 Å². The second kappa shape index (κ2) is 5.61. The Balaban J connectivity index is 2.05. The number of hydrogen-bond acceptors (Lipinski definition) is 0. The molecule has 0 aromatic heterocycles. The molecule has 5 aromatic carbocycles. The smallest absolute Gasteiger partial charge is 0.0412 e. The monoisotopic (exact) mass is 338 g/mol. The second-order valence-corrected chi connectivity index (χ2v) is 6.80. The largest absolute Gasteiger partial charge is 0.0843 e. The highest BCUT2D eigenvalue weighted by atomic mass is 35.5. The zero-order valence-electron chi connectivity index (χ0n) is 13.5. The summed E-state index contributed by atoms with van der Waals surface area (Å²) in [5, 5.41) is 8.31. The summed E-state index contributed by atoms with van der Waals surface area (Å²) in [6, 6.07) is 32.1. The highest BCUT2D eigenvalue weighted by molar-refractivity contribution is 6.32. The molecule has 0 saturated carbocycles. The SMILES string of the molecule is Clc1ccc2c(ccc3c4ccccc4cc(-c4ccccc4)c23)c1. The minimum absolute atomic E-state index is 0.772. The van der Waals surface area contributed by atoms with E-state index in [0.717, 1.165) is 5.02 Å². The molecule has 0 aliphatic rings. The first kappa shape index (κ1) is 14.5. The van der Waals surface area contributed by atoms with Crippen LogP contribution in [0.15, 0.2) is 91.0 Å². The van der Waals surface area contributed by atoms with Crippen LogP contribution in [-0.2, 0) is 0 Å². The Kier molecular flexibility index (Phi) is 3.26. The zero-order chi connectivity index (χ0) is 16.8. The van der Waals surface area contributed by atoms with E-state index in [4.69, 9.17) is 11.6 Å². The van der Waals surface area contributed by atoms with Crippen molar-refractivity contribution in [2.24, 2.45) is 0 Å². The lowest BCUT2D eigenvalue weighted by Gasteiger charge is -2.14. The summed E-state index contributed by atoms with van der Waals surface area (Å²) < 4.78 is 0. The molecule has 0 heterocycles. The number of rotatable bonds is 1. The Morgan fingerprint density at radius 1 is 0.520 bits per heavy atom. The maximum atomic E-state index is 6.22. The Morgan fingerprint density at radius 3 is 2.12 bits per heavy atom. The third-order valence-corrected chi connectivity index (χ3v) is 5.12. The van der Waals surface area contributed by atoms with E-state index >= 15 is 0 Å². The summed E-state index contributed by atoms with van der Waals surface area (Å²) in [6.07, 6.45) is 0. The van der Waals surface area contributed by atoms with Crippen molar-refractivity contribution < 1.29 is 0 Å². The fourth-order valence-electron chi connectivity index (χ4n) is 3.76. The average molecular weight is 339 g/mol. The van der Waals surface area contributed by atoms with Crippen molar-refractivity contribution in [3.05, 3.63) is 96.0 Å². The molecule has 0 spiro atoms. The van der Waals surface area contributed by atoms with E-state index in [0.29, 0.717) is 0 Å². The predicted octanol–water partition coefficient (Wildman–Crippen LogP) is 7.47. The van der Waals surface area contributed by atoms with Crippen molar-refractivity contribution in [2.75, 3.05) is 0 Å². The number of hydrogen-bond donors (Lipinski definition) is 0. The van der Waals surface area contributed by atoms with E-state index in [9.17, 15) is 0 Å². The number of halogens is 1. The summed E-state index contributed by atoms with van der Waals surface area (Å²) in [5.74, 6) is 0. The van der Waals surface area contributed by atoms with Crippen LogP contribution in [0.5, 0.6) is 0 Å². The Labute approximate surface area is 151 Å². The van der Waals surface area contributed by atoms with Crippen molar-refractivity contribution in [2.45, 2.75) is 0 Å². The van der Waals surface area contributed by atoms with Crippen LogP contribution in [-0.4, -0.2) is 0 Å². The van der Waals surface area contributed by atoms with Crippen molar-refractivity contribution in [3.8, 4) is 11.1 Å². The van der Waals surface area contributed by atoms with Gasteiger partial charge in [0.05, 0.1) is 0 Å². The van der Waals surface area contributed by atoms with Crippen LogP contribution < -0.4 is 0 Å². The molecule has 5 rings (SSSR count). The maximum Gasteiger partial charge on any atom is 0.0412 e. The third-order valence-electron chi connectivity index (χ3n) is 4.89. The summed E-state index contributed by atoms with van der Waals surface area (Å²) in [5.41, 5.74) is 2.50. The van der Waals surface area contributed by atoms with Gasteiger partial charge in [-0.15, -0.1) is 0 Å². The molecule has 0 N–H and O–H groups in total. The van der Waals surface area contributed by atoms with E-state index in [1.165, 1.54) is 43.4 Å². The molecule has 0 aliphatic heterocycles. The van der Waals surface area contributed by atoms with Crippen molar-refractivity contribution in [1.82, 2.24) is 0 Å². The highest BCUT2D eigenvalue weighted by Gasteiger charge is 2.11. The second-order valence-electron chi connectivity index (χ2n) is 6.36. The average Bonchev–Trinajstić information content (AvgIpc) is 2.67. The molecule has 118 valence electrons. The number of fused-ring (bicyclic) bond motifs is 5. The third kappa shape index (κ3) is 2.30. The Bertz CT molecular complexity index is 1240. The van der Waals surface area contributed by atoms with Crippen LogP contribution in [0.25, 0.3) is 43.4 Å². The van der Waals surface area contributed by atoms with Gasteiger partial charge in [-0.3, -0.25) is 0 Å². The lowest BCUT2D eigenvalue weighted by Crippen LogP contribution is -1.86. The van der Waals surface area contributed by atoms with Gasteiger partial charge in [0.2, 0.25) is 0 Å². The first-order valence-electron chi connectivity index (χ1n) is 8.40.